The number of carbonyl (C=O) groups is 1. The van der Waals surface area contributed by atoms with Crippen LogP contribution in [0.25, 0.3) is 0 Å². The van der Waals surface area contributed by atoms with Gasteiger partial charge in [-0.25, -0.2) is 4.39 Å². The number of hydrogen-bond donors (Lipinski definition) is 1. The Morgan fingerprint density at radius 1 is 1.42 bits per heavy atom. The van der Waals surface area contributed by atoms with Crippen LogP contribution in [0.5, 0.6) is 0 Å². The Morgan fingerprint density at radius 2 is 2.21 bits per heavy atom. The zero-order chi connectivity index (χ0) is 17.1. The van der Waals surface area contributed by atoms with Crippen molar-refractivity contribution in [3.05, 3.63) is 64.2 Å². The summed E-state index contributed by atoms with van der Waals surface area (Å²) in [5.74, 6) is -0.276. The van der Waals surface area contributed by atoms with Crippen LogP contribution < -0.4 is 5.32 Å². The number of aromatic nitrogens is 1. The van der Waals surface area contributed by atoms with Gasteiger partial charge in [-0.3, -0.25) is 9.78 Å². The summed E-state index contributed by atoms with van der Waals surface area (Å²) in [5, 5.41) is 3.53. The van der Waals surface area contributed by atoms with Gasteiger partial charge in [-0.2, -0.15) is 0 Å². The maximum absolute atomic E-state index is 15.1. The second-order valence-corrected chi connectivity index (χ2v) is 6.62. The van der Waals surface area contributed by atoms with E-state index in [0.29, 0.717) is 17.0 Å². The highest BCUT2D eigenvalue weighted by atomic mass is 35.5. The molecule has 0 unspecified atom stereocenters. The number of hydrogen-bond acceptors (Lipinski definition) is 3. The maximum Gasteiger partial charge on any atom is 0.199 e. The molecule has 1 aromatic carbocycles. The Hall–Kier alpha value is -1.78. The number of nitrogens with one attached hydrogen (secondary N) is 1. The van der Waals surface area contributed by atoms with Gasteiger partial charge in [-0.1, -0.05) is 24.6 Å². The zero-order valence-electron chi connectivity index (χ0n) is 13.6. The molecule has 1 atom stereocenters. The topological polar surface area (TPSA) is 42.0 Å². The number of halogens is 2. The molecule has 0 amide bonds. The highest BCUT2D eigenvalue weighted by Gasteiger charge is 2.26. The standard InChI is InChI=1S/C19H20ClFN2O/c1-2-16(23-10-12-5-6-12)14-7-8-15(20)17(18(14)21)19(24)13-4-3-9-22-11-13/h3-4,7-9,11-12,16,23H,2,5-6,10H2,1H3/t16-/m1/s1. The van der Waals surface area contributed by atoms with E-state index < -0.39 is 11.6 Å². The minimum atomic E-state index is -0.536. The zero-order valence-corrected chi connectivity index (χ0v) is 14.3. The van der Waals surface area contributed by atoms with Crippen molar-refractivity contribution in [1.29, 1.82) is 0 Å². The summed E-state index contributed by atoms with van der Waals surface area (Å²) >= 11 is 6.13. The van der Waals surface area contributed by atoms with Gasteiger partial charge >= 0.3 is 0 Å². The molecule has 2 aromatic rings. The van der Waals surface area contributed by atoms with E-state index in [0.717, 1.165) is 13.0 Å². The fraction of sp³-hybridized carbons (Fsp3) is 0.368. The second-order valence-electron chi connectivity index (χ2n) is 6.21. The van der Waals surface area contributed by atoms with Crippen LogP contribution in [0.15, 0.2) is 36.7 Å². The fourth-order valence-electron chi connectivity index (χ4n) is 2.79. The van der Waals surface area contributed by atoms with Gasteiger partial charge in [0.25, 0.3) is 0 Å². The Bertz CT molecular complexity index is 732. The van der Waals surface area contributed by atoms with Gasteiger partial charge in [0, 0.05) is 29.6 Å². The lowest BCUT2D eigenvalue weighted by atomic mass is 9.96. The largest absolute Gasteiger partial charge is 0.310 e. The molecule has 0 bridgehead atoms. The molecule has 1 saturated carbocycles. The van der Waals surface area contributed by atoms with E-state index >= 15 is 4.39 Å². The molecular weight excluding hydrogens is 327 g/mol. The normalized spacial score (nSPS) is 15.3. The van der Waals surface area contributed by atoms with E-state index in [-0.39, 0.29) is 16.6 Å². The van der Waals surface area contributed by atoms with Crippen LogP contribution >= 0.6 is 11.6 Å². The number of carbonyl (C=O) groups excluding carboxylic acids is 1. The molecule has 1 N–H and O–H groups in total. The summed E-state index contributed by atoms with van der Waals surface area (Å²) in [4.78, 5) is 16.6. The predicted octanol–water partition coefficient (Wildman–Crippen LogP) is 4.56. The van der Waals surface area contributed by atoms with Crippen molar-refractivity contribution < 1.29 is 9.18 Å². The van der Waals surface area contributed by atoms with Crippen LogP contribution in [0.1, 0.15) is 53.7 Å². The third-order valence-electron chi connectivity index (χ3n) is 4.41. The molecule has 0 radical (unpaired) electrons. The molecule has 24 heavy (non-hydrogen) atoms. The van der Waals surface area contributed by atoms with Crippen molar-refractivity contribution in [2.75, 3.05) is 6.54 Å². The number of ketones is 1. The van der Waals surface area contributed by atoms with E-state index in [1.165, 1.54) is 19.0 Å². The van der Waals surface area contributed by atoms with Crippen LogP contribution in [-0.4, -0.2) is 17.3 Å². The minimum Gasteiger partial charge on any atom is -0.310 e. The molecule has 3 nitrogen and oxygen atoms in total. The molecule has 1 fully saturated rings. The summed E-state index contributed by atoms with van der Waals surface area (Å²) in [7, 11) is 0. The Morgan fingerprint density at radius 3 is 2.83 bits per heavy atom. The summed E-state index contributed by atoms with van der Waals surface area (Å²) in [6.07, 6.45) is 6.20. The van der Waals surface area contributed by atoms with Gasteiger partial charge in [-0.15, -0.1) is 0 Å². The smallest absolute Gasteiger partial charge is 0.199 e. The maximum atomic E-state index is 15.1. The van der Waals surface area contributed by atoms with Gasteiger partial charge < -0.3 is 5.32 Å². The van der Waals surface area contributed by atoms with Gasteiger partial charge in [-0.05, 0) is 49.9 Å². The molecule has 0 saturated heterocycles. The van der Waals surface area contributed by atoms with Crippen molar-refractivity contribution in [3.8, 4) is 0 Å². The van der Waals surface area contributed by atoms with Crippen molar-refractivity contribution >= 4 is 17.4 Å². The number of nitrogens with zero attached hydrogens (tertiary/aromatic N) is 1. The van der Waals surface area contributed by atoms with E-state index in [4.69, 9.17) is 11.6 Å². The molecular formula is C19H20ClFN2O. The van der Waals surface area contributed by atoms with Gasteiger partial charge in [0.2, 0.25) is 0 Å². The third-order valence-corrected chi connectivity index (χ3v) is 4.72. The lowest BCUT2D eigenvalue weighted by Crippen LogP contribution is -2.24. The molecule has 1 aliphatic carbocycles. The molecule has 5 heteroatoms. The van der Waals surface area contributed by atoms with Crippen molar-refractivity contribution in [1.82, 2.24) is 10.3 Å². The minimum absolute atomic E-state index is 0.0751. The summed E-state index contributed by atoms with van der Waals surface area (Å²) in [6.45, 7) is 2.88. The molecule has 1 aromatic heterocycles. The lowest BCUT2D eigenvalue weighted by molar-refractivity contribution is 0.103. The van der Waals surface area contributed by atoms with Crippen molar-refractivity contribution in [2.45, 2.75) is 32.2 Å². The van der Waals surface area contributed by atoms with Crippen molar-refractivity contribution in [3.63, 3.8) is 0 Å². The van der Waals surface area contributed by atoms with E-state index in [9.17, 15) is 4.79 Å². The predicted molar refractivity (Wildman–Crippen MR) is 92.8 cm³/mol. The van der Waals surface area contributed by atoms with Crippen LogP contribution in [0.4, 0.5) is 4.39 Å². The first-order chi connectivity index (χ1) is 11.6. The molecule has 0 spiro atoms. The molecule has 126 valence electrons. The summed E-state index contributed by atoms with van der Waals surface area (Å²) < 4.78 is 15.1. The van der Waals surface area contributed by atoms with Gasteiger partial charge in [0.05, 0.1) is 10.6 Å². The highest BCUT2D eigenvalue weighted by molar-refractivity contribution is 6.35. The first-order valence-corrected chi connectivity index (χ1v) is 8.65. The Labute approximate surface area is 146 Å². The number of rotatable bonds is 7. The Kier molecular flexibility index (Phi) is 5.27. The first-order valence-electron chi connectivity index (χ1n) is 8.27. The van der Waals surface area contributed by atoms with Crippen LogP contribution in [0.2, 0.25) is 5.02 Å². The molecule has 3 rings (SSSR count). The molecule has 1 heterocycles. The third kappa shape index (κ3) is 3.65. The SMILES string of the molecule is CC[C@@H](NCC1CC1)c1ccc(Cl)c(C(=O)c2cccnc2)c1F. The quantitative estimate of drug-likeness (QED) is 0.747. The van der Waals surface area contributed by atoms with E-state index in [2.05, 4.69) is 10.3 Å². The van der Waals surface area contributed by atoms with Crippen molar-refractivity contribution in [2.24, 2.45) is 5.92 Å². The molecule has 1 aliphatic rings. The van der Waals surface area contributed by atoms with Gasteiger partial charge in [0.15, 0.2) is 5.78 Å². The first kappa shape index (κ1) is 17.1. The average molecular weight is 347 g/mol. The highest BCUT2D eigenvalue weighted by Crippen LogP contribution is 2.32. The summed E-state index contributed by atoms with van der Waals surface area (Å²) in [6, 6.07) is 6.41. The fourth-order valence-corrected chi connectivity index (χ4v) is 3.02. The Balaban J connectivity index is 1.93. The van der Waals surface area contributed by atoms with Crippen LogP contribution in [-0.2, 0) is 0 Å². The van der Waals surface area contributed by atoms with Crippen LogP contribution in [0, 0.1) is 11.7 Å². The van der Waals surface area contributed by atoms with E-state index in [1.807, 2.05) is 6.92 Å². The molecule has 0 aliphatic heterocycles. The average Bonchev–Trinajstić information content (AvgIpc) is 3.42. The monoisotopic (exact) mass is 346 g/mol. The number of pyridine rings is 1. The van der Waals surface area contributed by atoms with Gasteiger partial charge in [0.1, 0.15) is 5.82 Å². The lowest BCUT2D eigenvalue weighted by Gasteiger charge is -2.20. The second kappa shape index (κ2) is 7.41. The van der Waals surface area contributed by atoms with Crippen LogP contribution in [0.3, 0.4) is 0 Å². The summed E-state index contributed by atoms with van der Waals surface area (Å²) in [5.41, 5.74) is 0.748. The van der Waals surface area contributed by atoms with E-state index in [1.54, 1.807) is 30.5 Å². The number of benzene rings is 1.